The normalized spacial score (nSPS) is 16.3. The van der Waals surface area contributed by atoms with Crippen molar-refractivity contribution in [3.8, 4) is 5.75 Å². The average Bonchev–Trinajstić information content (AvgIpc) is 3.33. The Morgan fingerprint density at radius 1 is 1.23 bits per heavy atom. The number of hydrogen-bond acceptors (Lipinski definition) is 5. The molecule has 1 aromatic heterocycles. The topological polar surface area (TPSA) is 77.0 Å². The molecule has 2 N–H and O–H groups in total. The van der Waals surface area contributed by atoms with Gasteiger partial charge >= 0.3 is 0 Å². The van der Waals surface area contributed by atoms with Crippen molar-refractivity contribution in [1.29, 1.82) is 0 Å². The van der Waals surface area contributed by atoms with Gasteiger partial charge in [0.05, 0.1) is 25.5 Å². The molecule has 2 aromatic rings. The summed E-state index contributed by atoms with van der Waals surface area (Å²) in [6.07, 6.45) is 3.83. The van der Waals surface area contributed by atoms with Gasteiger partial charge < -0.3 is 24.8 Å². The molecular formula is C24H34N4O3. The number of pyridine rings is 1. The van der Waals surface area contributed by atoms with Crippen molar-refractivity contribution >= 4 is 5.96 Å². The van der Waals surface area contributed by atoms with E-state index in [1.165, 1.54) is 0 Å². The number of nitrogens with zero attached hydrogens (tertiary/aromatic N) is 2. The van der Waals surface area contributed by atoms with Crippen molar-refractivity contribution in [2.24, 2.45) is 10.9 Å². The summed E-state index contributed by atoms with van der Waals surface area (Å²) in [4.78, 5) is 8.98. The zero-order chi connectivity index (χ0) is 21.6. The monoisotopic (exact) mass is 426 g/mol. The van der Waals surface area contributed by atoms with Crippen LogP contribution >= 0.6 is 0 Å². The van der Waals surface area contributed by atoms with Gasteiger partial charge in [0.2, 0.25) is 0 Å². The molecule has 0 saturated carbocycles. The maximum Gasteiger partial charge on any atom is 0.191 e. The number of hydrogen-bond donors (Lipinski definition) is 2. The van der Waals surface area contributed by atoms with Crippen molar-refractivity contribution in [3.63, 3.8) is 0 Å². The first-order valence-corrected chi connectivity index (χ1v) is 11.1. The molecule has 31 heavy (non-hydrogen) atoms. The molecule has 168 valence electrons. The summed E-state index contributed by atoms with van der Waals surface area (Å²) < 4.78 is 17.0. The second-order valence-corrected chi connectivity index (χ2v) is 7.54. The second-order valence-electron chi connectivity index (χ2n) is 7.54. The number of aromatic nitrogens is 1. The zero-order valence-corrected chi connectivity index (χ0v) is 18.4. The lowest BCUT2D eigenvalue weighted by Crippen LogP contribution is -2.38. The minimum Gasteiger partial charge on any atom is -0.487 e. The van der Waals surface area contributed by atoms with Gasteiger partial charge in [0.1, 0.15) is 12.4 Å². The number of rotatable bonds is 12. The molecule has 0 bridgehead atoms. The summed E-state index contributed by atoms with van der Waals surface area (Å²) in [7, 11) is 0. The molecule has 1 atom stereocenters. The van der Waals surface area contributed by atoms with Crippen LogP contribution in [0.25, 0.3) is 0 Å². The second kappa shape index (κ2) is 13.6. The fourth-order valence-electron chi connectivity index (χ4n) is 3.23. The third-order valence-corrected chi connectivity index (χ3v) is 4.91. The van der Waals surface area contributed by atoms with Crippen LogP contribution in [0.4, 0.5) is 0 Å². The van der Waals surface area contributed by atoms with Crippen molar-refractivity contribution in [2.45, 2.75) is 32.9 Å². The lowest BCUT2D eigenvalue weighted by Gasteiger charge is -2.12. The van der Waals surface area contributed by atoms with Gasteiger partial charge in [-0.1, -0.05) is 18.2 Å². The number of ether oxygens (including phenoxy) is 3. The molecule has 3 rings (SSSR count). The summed E-state index contributed by atoms with van der Waals surface area (Å²) in [5, 5.41) is 6.67. The van der Waals surface area contributed by atoms with Crippen LogP contribution in [0, 0.1) is 5.92 Å². The molecule has 0 aliphatic carbocycles. The number of aliphatic imine (C=N–C) groups is 1. The van der Waals surface area contributed by atoms with Crippen LogP contribution in [0.1, 0.15) is 31.0 Å². The molecule has 1 fully saturated rings. The Labute approximate surface area is 185 Å². The summed E-state index contributed by atoms with van der Waals surface area (Å²) >= 11 is 0. The van der Waals surface area contributed by atoms with Gasteiger partial charge in [0.15, 0.2) is 5.96 Å². The summed E-state index contributed by atoms with van der Waals surface area (Å²) in [6, 6.07) is 13.8. The van der Waals surface area contributed by atoms with Crippen molar-refractivity contribution in [2.75, 3.05) is 39.5 Å². The number of guanidine groups is 1. The van der Waals surface area contributed by atoms with Crippen LogP contribution in [-0.2, 0) is 22.6 Å². The van der Waals surface area contributed by atoms with Crippen molar-refractivity contribution in [1.82, 2.24) is 15.6 Å². The van der Waals surface area contributed by atoms with Gasteiger partial charge in [0.25, 0.3) is 0 Å². The summed E-state index contributed by atoms with van der Waals surface area (Å²) in [5.41, 5.74) is 2.00. The maximum atomic E-state index is 5.86. The van der Waals surface area contributed by atoms with Crippen molar-refractivity contribution < 1.29 is 14.2 Å². The minimum atomic E-state index is 0.452. The van der Waals surface area contributed by atoms with E-state index >= 15 is 0 Å². The molecule has 1 saturated heterocycles. The van der Waals surface area contributed by atoms with Crippen LogP contribution in [-0.4, -0.2) is 50.5 Å². The highest BCUT2D eigenvalue weighted by Crippen LogP contribution is 2.15. The molecule has 7 nitrogen and oxygen atoms in total. The largest absolute Gasteiger partial charge is 0.487 e. The summed E-state index contributed by atoms with van der Waals surface area (Å²) in [5.74, 6) is 2.20. The molecule has 1 aliphatic heterocycles. The Bertz CT molecular complexity index is 779. The fraction of sp³-hybridized carbons (Fsp3) is 0.500. The predicted octanol–water partition coefficient (Wildman–Crippen LogP) is 3.16. The molecule has 0 spiro atoms. The Morgan fingerprint density at radius 2 is 2.19 bits per heavy atom. The van der Waals surface area contributed by atoms with E-state index in [0.29, 0.717) is 19.1 Å². The van der Waals surface area contributed by atoms with E-state index in [2.05, 4.69) is 28.6 Å². The number of benzene rings is 1. The third-order valence-electron chi connectivity index (χ3n) is 4.91. The average molecular weight is 427 g/mol. The lowest BCUT2D eigenvalue weighted by molar-refractivity contribution is 0.0888. The number of nitrogens with one attached hydrogen (secondary N) is 2. The Kier molecular flexibility index (Phi) is 10.1. The first-order chi connectivity index (χ1) is 15.3. The smallest absolute Gasteiger partial charge is 0.191 e. The molecule has 0 amide bonds. The van der Waals surface area contributed by atoms with Gasteiger partial charge in [-0.3, -0.25) is 4.98 Å². The van der Waals surface area contributed by atoms with E-state index in [-0.39, 0.29) is 0 Å². The maximum absolute atomic E-state index is 5.86. The Balaban J connectivity index is 1.39. The quantitative estimate of drug-likeness (QED) is 0.308. The van der Waals surface area contributed by atoms with Crippen molar-refractivity contribution in [3.05, 3.63) is 59.9 Å². The van der Waals surface area contributed by atoms with Gasteiger partial charge in [-0.05, 0) is 49.6 Å². The lowest BCUT2D eigenvalue weighted by atomic mass is 10.1. The Morgan fingerprint density at radius 3 is 3.00 bits per heavy atom. The first kappa shape index (κ1) is 23.0. The standard InChI is InChI=1S/C24H34N4O3/c1-2-25-24(27-12-6-13-29-17-21-10-14-30-18-21)28-16-20-7-5-9-23(15-20)31-19-22-8-3-4-11-26-22/h3-5,7-9,11,15,21H,2,6,10,12-14,16-19H2,1H3,(H2,25,27,28). The van der Waals surface area contributed by atoms with Crippen LogP contribution in [0.5, 0.6) is 5.75 Å². The predicted molar refractivity (Wildman–Crippen MR) is 122 cm³/mol. The van der Waals surface area contributed by atoms with E-state index in [1.54, 1.807) is 6.20 Å². The highest BCUT2D eigenvalue weighted by atomic mass is 16.5. The van der Waals surface area contributed by atoms with Gasteiger partial charge in [-0.2, -0.15) is 0 Å². The Hall–Kier alpha value is -2.64. The molecule has 7 heteroatoms. The molecule has 1 aromatic carbocycles. The van der Waals surface area contributed by atoms with Gasteiger partial charge in [-0.25, -0.2) is 4.99 Å². The van der Waals surface area contributed by atoms with Crippen LogP contribution in [0.2, 0.25) is 0 Å². The zero-order valence-electron chi connectivity index (χ0n) is 18.4. The summed E-state index contributed by atoms with van der Waals surface area (Å²) in [6.45, 7) is 7.99. The molecule has 0 radical (unpaired) electrons. The highest BCUT2D eigenvalue weighted by Gasteiger charge is 2.15. The van der Waals surface area contributed by atoms with Crippen LogP contribution < -0.4 is 15.4 Å². The van der Waals surface area contributed by atoms with Crippen LogP contribution in [0.3, 0.4) is 0 Å². The van der Waals surface area contributed by atoms with E-state index in [0.717, 1.165) is 75.3 Å². The highest BCUT2D eigenvalue weighted by molar-refractivity contribution is 5.79. The molecule has 1 aliphatic rings. The van der Waals surface area contributed by atoms with E-state index in [4.69, 9.17) is 19.2 Å². The SMILES string of the molecule is CCNC(=NCc1cccc(OCc2ccccn2)c1)NCCCOCC1CCOC1. The fourth-order valence-corrected chi connectivity index (χ4v) is 3.23. The first-order valence-electron chi connectivity index (χ1n) is 11.1. The molecular weight excluding hydrogens is 392 g/mol. The third kappa shape index (κ3) is 8.94. The van der Waals surface area contributed by atoms with E-state index in [9.17, 15) is 0 Å². The van der Waals surface area contributed by atoms with Gasteiger partial charge in [-0.15, -0.1) is 0 Å². The van der Waals surface area contributed by atoms with E-state index < -0.39 is 0 Å². The van der Waals surface area contributed by atoms with E-state index in [1.807, 2.05) is 36.4 Å². The molecule has 2 heterocycles. The molecule has 1 unspecified atom stereocenters. The minimum absolute atomic E-state index is 0.452. The van der Waals surface area contributed by atoms with Gasteiger partial charge in [0, 0.05) is 38.4 Å². The van der Waals surface area contributed by atoms with Crippen LogP contribution in [0.15, 0.2) is 53.7 Å².